The first kappa shape index (κ1) is 15.2. The fourth-order valence-corrected chi connectivity index (χ4v) is 1.91. The molecule has 6 nitrogen and oxygen atoms in total. The lowest BCUT2D eigenvalue weighted by Crippen LogP contribution is -2.27. The van der Waals surface area contributed by atoms with Crippen molar-refractivity contribution in [2.45, 2.75) is 26.1 Å². The summed E-state index contributed by atoms with van der Waals surface area (Å²) < 4.78 is 24.3. The molecule has 114 valence electrons. The average Bonchev–Trinajstić information content (AvgIpc) is 2.89. The number of aliphatic carboxylic acids is 1. The number of oxime groups is 1. The van der Waals surface area contributed by atoms with Crippen LogP contribution >= 0.6 is 0 Å². The Labute approximate surface area is 121 Å². The molecular weight excluding hydrogens is 281 g/mol. The Morgan fingerprint density at radius 3 is 3.05 bits per heavy atom. The van der Waals surface area contributed by atoms with Crippen LogP contribution in [0.15, 0.2) is 23.4 Å². The van der Waals surface area contributed by atoms with E-state index in [1.807, 2.05) is 6.92 Å². The van der Waals surface area contributed by atoms with Crippen molar-refractivity contribution in [1.82, 2.24) is 0 Å². The van der Waals surface area contributed by atoms with Gasteiger partial charge in [0.2, 0.25) is 0 Å². The highest BCUT2D eigenvalue weighted by Crippen LogP contribution is 2.26. The second kappa shape index (κ2) is 6.53. The topological polar surface area (TPSA) is 77.3 Å². The number of carboxylic acids is 1. The largest absolute Gasteiger partial charge is 0.479 e. The van der Waals surface area contributed by atoms with E-state index >= 15 is 0 Å². The fourth-order valence-electron chi connectivity index (χ4n) is 1.91. The Hall–Kier alpha value is -2.15. The maximum atomic E-state index is 13.5. The molecule has 0 spiro atoms. The molecule has 0 amide bonds. The molecule has 1 aromatic carbocycles. The predicted molar refractivity (Wildman–Crippen MR) is 72.0 cm³/mol. The van der Waals surface area contributed by atoms with Gasteiger partial charge >= 0.3 is 5.97 Å². The van der Waals surface area contributed by atoms with Crippen LogP contribution in [-0.2, 0) is 14.4 Å². The summed E-state index contributed by atoms with van der Waals surface area (Å²) in [4.78, 5) is 15.9. The van der Waals surface area contributed by atoms with E-state index in [0.29, 0.717) is 17.9 Å². The van der Waals surface area contributed by atoms with Gasteiger partial charge in [-0.3, -0.25) is 0 Å². The molecule has 2 rings (SSSR count). The lowest BCUT2D eigenvalue weighted by molar-refractivity contribution is -0.144. The molecule has 0 aliphatic carbocycles. The number of halogens is 1. The summed E-state index contributed by atoms with van der Waals surface area (Å²) in [5.74, 6) is -1.37. The highest BCUT2D eigenvalue weighted by atomic mass is 19.1. The zero-order chi connectivity index (χ0) is 15.4. The minimum absolute atomic E-state index is 0.222. The molecule has 0 saturated heterocycles. The molecule has 1 aliphatic rings. The standard InChI is InChI=1S/C14H16FNO5/c1-3-19-12-7-20-16-13(12)10-6-9(15)4-5-11(10)21-8(2)14(17)18/h4-6,8,12H,3,7H2,1-2H3,(H,17,18). The minimum atomic E-state index is -1.11. The Kier molecular flexibility index (Phi) is 4.74. The smallest absolute Gasteiger partial charge is 0.344 e. The summed E-state index contributed by atoms with van der Waals surface area (Å²) in [7, 11) is 0. The van der Waals surface area contributed by atoms with Crippen molar-refractivity contribution < 1.29 is 28.6 Å². The molecular formula is C14H16FNO5. The van der Waals surface area contributed by atoms with Crippen LogP contribution in [0.5, 0.6) is 5.75 Å². The van der Waals surface area contributed by atoms with Crippen molar-refractivity contribution in [2.75, 3.05) is 13.2 Å². The van der Waals surface area contributed by atoms with Crippen LogP contribution in [0, 0.1) is 5.82 Å². The Balaban J connectivity index is 2.33. The van der Waals surface area contributed by atoms with E-state index < -0.39 is 24.0 Å². The summed E-state index contributed by atoms with van der Waals surface area (Å²) in [6.45, 7) is 3.89. The first-order chi connectivity index (χ1) is 10.0. The van der Waals surface area contributed by atoms with Gasteiger partial charge in [0.25, 0.3) is 0 Å². The van der Waals surface area contributed by atoms with Crippen LogP contribution in [0.25, 0.3) is 0 Å². The van der Waals surface area contributed by atoms with Gasteiger partial charge in [-0.2, -0.15) is 0 Å². The van der Waals surface area contributed by atoms with Crippen LogP contribution in [0.3, 0.4) is 0 Å². The van der Waals surface area contributed by atoms with Gasteiger partial charge in [-0.1, -0.05) is 5.16 Å². The number of nitrogens with zero attached hydrogens (tertiary/aromatic N) is 1. The molecule has 1 aliphatic heterocycles. The highest BCUT2D eigenvalue weighted by Gasteiger charge is 2.29. The molecule has 0 saturated carbocycles. The van der Waals surface area contributed by atoms with E-state index in [-0.39, 0.29) is 12.4 Å². The number of hydrogen-bond acceptors (Lipinski definition) is 5. The minimum Gasteiger partial charge on any atom is -0.479 e. The summed E-state index contributed by atoms with van der Waals surface area (Å²) in [5.41, 5.74) is 0.725. The second-order valence-electron chi connectivity index (χ2n) is 4.46. The van der Waals surface area contributed by atoms with E-state index in [0.717, 1.165) is 0 Å². The van der Waals surface area contributed by atoms with Gasteiger partial charge in [0.05, 0.1) is 0 Å². The van der Waals surface area contributed by atoms with E-state index in [9.17, 15) is 9.18 Å². The van der Waals surface area contributed by atoms with Gasteiger partial charge in [-0.05, 0) is 32.0 Å². The van der Waals surface area contributed by atoms with Crippen molar-refractivity contribution in [2.24, 2.45) is 5.16 Å². The summed E-state index contributed by atoms with van der Waals surface area (Å²) in [6, 6.07) is 3.79. The van der Waals surface area contributed by atoms with Gasteiger partial charge in [-0.15, -0.1) is 0 Å². The van der Waals surface area contributed by atoms with Gasteiger partial charge in [0, 0.05) is 12.2 Å². The third kappa shape index (κ3) is 3.49. The van der Waals surface area contributed by atoms with Crippen molar-refractivity contribution in [3.05, 3.63) is 29.6 Å². The Morgan fingerprint density at radius 2 is 2.38 bits per heavy atom. The van der Waals surface area contributed by atoms with Crippen molar-refractivity contribution >= 4 is 11.7 Å². The molecule has 1 heterocycles. The third-order valence-electron chi connectivity index (χ3n) is 2.93. The predicted octanol–water partition coefficient (Wildman–Crippen LogP) is 1.82. The number of hydrogen-bond donors (Lipinski definition) is 1. The van der Waals surface area contributed by atoms with Gasteiger partial charge in [-0.25, -0.2) is 9.18 Å². The number of carbonyl (C=O) groups is 1. The SMILES string of the molecule is CCOC1CON=C1c1cc(F)ccc1OC(C)C(=O)O. The molecule has 2 unspecified atom stereocenters. The molecule has 0 fully saturated rings. The molecule has 1 N–H and O–H groups in total. The monoisotopic (exact) mass is 297 g/mol. The average molecular weight is 297 g/mol. The lowest BCUT2D eigenvalue weighted by Gasteiger charge is -2.16. The zero-order valence-corrected chi connectivity index (χ0v) is 11.7. The highest BCUT2D eigenvalue weighted by molar-refractivity contribution is 6.06. The van der Waals surface area contributed by atoms with Gasteiger partial charge in [0.1, 0.15) is 30.0 Å². The molecule has 0 aromatic heterocycles. The summed E-state index contributed by atoms with van der Waals surface area (Å²) in [5, 5.41) is 12.8. The lowest BCUT2D eigenvalue weighted by atomic mass is 10.0. The first-order valence-corrected chi connectivity index (χ1v) is 6.53. The van der Waals surface area contributed by atoms with Crippen molar-refractivity contribution in [3.63, 3.8) is 0 Å². The zero-order valence-electron chi connectivity index (χ0n) is 11.7. The normalized spacial score (nSPS) is 18.8. The Bertz CT molecular complexity index is 560. The van der Waals surface area contributed by atoms with Crippen LogP contribution in [0.4, 0.5) is 4.39 Å². The molecule has 1 aromatic rings. The maximum Gasteiger partial charge on any atom is 0.344 e. The van der Waals surface area contributed by atoms with E-state index in [4.69, 9.17) is 19.4 Å². The quantitative estimate of drug-likeness (QED) is 0.866. The van der Waals surface area contributed by atoms with E-state index in [1.54, 1.807) is 0 Å². The molecule has 21 heavy (non-hydrogen) atoms. The number of benzene rings is 1. The molecule has 0 bridgehead atoms. The molecule has 0 radical (unpaired) electrons. The Morgan fingerprint density at radius 1 is 1.62 bits per heavy atom. The number of rotatable bonds is 6. The fraction of sp³-hybridized carbons (Fsp3) is 0.429. The van der Waals surface area contributed by atoms with Crippen LogP contribution < -0.4 is 4.74 Å². The number of ether oxygens (including phenoxy) is 2. The maximum absolute atomic E-state index is 13.5. The van der Waals surface area contributed by atoms with Crippen LogP contribution in [0.2, 0.25) is 0 Å². The van der Waals surface area contributed by atoms with Crippen LogP contribution in [-0.4, -0.2) is 42.2 Å². The summed E-state index contributed by atoms with van der Waals surface area (Å²) in [6.07, 6.45) is -1.50. The van der Waals surface area contributed by atoms with Crippen molar-refractivity contribution in [3.8, 4) is 5.75 Å². The van der Waals surface area contributed by atoms with Crippen molar-refractivity contribution in [1.29, 1.82) is 0 Å². The van der Waals surface area contributed by atoms with Gasteiger partial charge < -0.3 is 19.4 Å². The van der Waals surface area contributed by atoms with Gasteiger partial charge in [0.15, 0.2) is 6.10 Å². The molecule has 7 heteroatoms. The number of carboxylic acid groups (broad SMARTS) is 1. The molecule has 2 atom stereocenters. The van der Waals surface area contributed by atoms with Crippen LogP contribution in [0.1, 0.15) is 19.4 Å². The third-order valence-corrected chi connectivity index (χ3v) is 2.93. The summed E-state index contributed by atoms with van der Waals surface area (Å²) >= 11 is 0. The van der Waals surface area contributed by atoms with E-state index in [1.165, 1.54) is 25.1 Å². The first-order valence-electron chi connectivity index (χ1n) is 6.53. The second-order valence-corrected chi connectivity index (χ2v) is 4.46. The van der Waals surface area contributed by atoms with E-state index in [2.05, 4.69) is 5.16 Å².